The normalized spacial score (nSPS) is 14.6. The van der Waals surface area contributed by atoms with Crippen LogP contribution < -0.4 is 0 Å². The number of esters is 1. The third kappa shape index (κ3) is 4.61. The van der Waals surface area contributed by atoms with E-state index in [2.05, 4.69) is 13.4 Å². The number of rotatable bonds is 5. The Labute approximate surface area is 82.3 Å². The van der Waals surface area contributed by atoms with Gasteiger partial charge >= 0.3 is 19.8 Å². The van der Waals surface area contributed by atoms with Crippen LogP contribution in [0.2, 0.25) is 0 Å². The first-order chi connectivity index (χ1) is 6.31. The number of carbonyl (C=O) groups excluding carboxylic acids is 1. The molecule has 0 saturated heterocycles. The minimum absolute atomic E-state index is 0.724. The lowest BCUT2D eigenvalue weighted by atomic mass is 10.7. The molecule has 0 spiro atoms. The predicted molar refractivity (Wildman–Crippen MR) is 46.3 cm³/mol. The average Bonchev–Trinajstić information content (AvgIpc) is 2.10. The number of methoxy groups -OCH3 is 1. The van der Waals surface area contributed by atoms with Gasteiger partial charge in [0.25, 0.3) is 10.1 Å². The van der Waals surface area contributed by atoms with Gasteiger partial charge in [0.2, 0.25) is 0 Å². The van der Waals surface area contributed by atoms with Gasteiger partial charge in [-0.3, -0.25) is 0 Å². The van der Waals surface area contributed by atoms with Gasteiger partial charge < -0.3 is 4.74 Å². The lowest BCUT2D eigenvalue weighted by Crippen LogP contribution is -2.25. The van der Waals surface area contributed by atoms with Gasteiger partial charge in [0.1, 0.15) is 0 Å². The molecular weight excluding hydrogens is 235 g/mol. The number of ether oxygens (including phenoxy) is 1. The van der Waals surface area contributed by atoms with E-state index < -0.39 is 30.0 Å². The molecule has 0 N–H and O–H groups in total. The van der Waals surface area contributed by atoms with Gasteiger partial charge in [-0.2, -0.15) is 8.42 Å². The Bertz CT molecular complexity index is 305. The molecule has 2 unspecified atom stereocenters. The minimum atomic E-state index is -3.90. The zero-order valence-electron chi connectivity index (χ0n) is 7.79. The van der Waals surface area contributed by atoms with Crippen molar-refractivity contribution in [3.05, 3.63) is 0 Å². The van der Waals surface area contributed by atoms with Crippen molar-refractivity contribution in [3.8, 4) is 0 Å². The summed E-state index contributed by atoms with van der Waals surface area (Å²) in [5.41, 5.74) is 0. The highest BCUT2D eigenvalue weighted by atomic mass is 32.2. The fraction of sp³-hybridized carbons (Fsp3) is 0.800. The standard InChI is InChI=1S/C5H10O7PS/c1-10-4(6)5(13(7)11-2)12-14(3,8)9/h5H,1-3H3/q+1. The molecular formula is C5H10O7PS+. The Hall–Kier alpha value is -0.560. The summed E-state index contributed by atoms with van der Waals surface area (Å²) < 4.78 is 45.1. The Morgan fingerprint density at radius 1 is 1.36 bits per heavy atom. The molecule has 0 heterocycles. The molecule has 0 radical (unpaired) electrons. The molecule has 82 valence electrons. The Morgan fingerprint density at radius 3 is 2.14 bits per heavy atom. The van der Waals surface area contributed by atoms with Crippen LogP contribution in [0.4, 0.5) is 0 Å². The molecule has 0 aromatic rings. The van der Waals surface area contributed by atoms with Crippen LogP contribution in [0.5, 0.6) is 0 Å². The lowest BCUT2D eigenvalue weighted by Gasteiger charge is -2.02. The predicted octanol–water partition coefficient (Wildman–Crippen LogP) is -0.150. The second-order valence-corrected chi connectivity index (χ2v) is 5.15. The second kappa shape index (κ2) is 5.35. The van der Waals surface area contributed by atoms with Gasteiger partial charge in [0, 0.05) is 0 Å². The van der Waals surface area contributed by atoms with Gasteiger partial charge in [-0.25, -0.2) is 8.98 Å². The van der Waals surface area contributed by atoms with Crippen LogP contribution in [0.1, 0.15) is 0 Å². The molecule has 0 aromatic heterocycles. The number of hydrogen-bond acceptors (Lipinski definition) is 7. The van der Waals surface area contributed by atoms with Gasteiger partial charge in [-0.15, -0.1) is 4.52 Å². The van der Waals surface area contributed by atoms with Crippen LogP contribution in [0, 0.1) is 0 Å². The largest absolute Gasteiger partial charge is 0.554 e. The summed E-state index contributed by atoms with van der Waals surface area (Å²) in [7, 11) is -4.41. The van der Waals surface area contributed by atoms with Gasteiger partial charge in [0.15, 0.2) is 0 Å². The van der Waals surface area contributed by atoms with E-state index in [1.807, 2.05) is 0 Å². The average molecular weight is 245 g/mol. The van der Waals surface area contributed by atoms with E-state index in [-0.39, 0.29) is 0 Å². The van der Waals surface area contributed by atoms with Gasteiger partial charge in [-0.05, 0) is 4.57 Å². The molecule has 0 aromatic carbocycles. The SMILES string of the molecule is COC(=O)C(OS(C)(=O)=O)[P+](=O)OC. The third-order valence-electron chi connectivity index (χ3n) is 1.04. The first kappa shape index (κ1) is 13.4. The summed E-state index contributed by atoms with van der Waals surface area (Å²) in [5.74, 6) is -2.83. The quantitative estimate of drug-likeness (QED) is 0.377. The monoisotopic (exact) mass is 245 g/mol. The first-order valence-electron chi connectivity index (χ1n) is 3.28. The van der Waals surface area contributed by atoms with Crippen LogP contribution in [-0.2, 0) is 32.9 Å². The first-order valence-corrected chi connectivity index (χ1v) is 6.34. The summed E-state index contributed by atoms with van der Waals surface area (Å²) >= 11 is 0. The van der Waals surface area contributed by atoms with Crippen molar-refractivity contribution >= 4 is 24.1 Å². The van der Waals surface area contributed by atoms with E-state index in [4.69, 9.17) is 0 Å². The highest BCUT2D eigenvalue weighted by Gasteiger charge is 2.44. The summed E-state index contributed by atoms with van der Waals surface area (Å²) in [6.45, 7) is 0. The van der Waals surface area contributed by atoms with E-state index in [1.165, 1.54) is 0 Å². The molecule has 0 aliphatic carbocycles. The molecule has 2 atom stereocenters. The Morgan fingerprint density at radius 2 is 1.86 bits per heavy atom. The van der Waals surface area contributed by atoms with Crippen LogP contribution in [0.25, 0.3) is 0 Å². The molecule has 0 aliphatic heterocycles. The van der Waals surface area contributed by atoms with Crippen molar-refractivity contribution < 1.29 is 31.2 Å². The van der Waals surface area contributed by atoms with Crippen molar-refractivity contribution in [2.75, 3.05) is 20.5 Å². The summed E-state index contributed by atoms with van der Waals surface area (Å²) in [4.78, 5) is 10.9. The van der Waals surface area contributed by atoms with Crippen molar-refractivity contribution in [1.29, 1.82) is 0 Å². The van der Waals surface area contributed by atoms with E-state index in [1.54, 1.807) is 0 Å². The Balaban J connectivity index is 4.74. The van der Waals surface area contributed by atoms with Gasteiger partial charge in [-0.1, -0.05) is 0 Å². The molecule has 0 aliphatic rings. The molecule has 0 amide bonds. The molecule has 0 fully saturated rings. The van der Waals surface area contributed by atoms with Crippen molar-refractivity contribution in [2.45, 2.75) is 5.85 Å². The summed E-state index contributed by atoms with van der Waals surface area (Å²) in [6.07, 6.45) is 0.724. The summed E-state index contributed by atoms with van der Waals surface area (Å²) in [5, 5.41) is 0. The maximum absolute atomic E-state index is 11.0. The van der Waals surface area contributed by atoms with Crippen LogP contribution in [0.3, 0.4) is 0 Å². The van der Waals surface area contributed by atoms with Crippen molar-refractivity contribution in [3.63, 3.8) is 0 Å². The Kier molecular flexibility index (Phi) is 5.14. The maximum atomic E-state index is 11.0. The third-order valence-corrected chi connectivity index (χ3v) is 2.78. The van der Waals surface area contributed by atoms with Crippen molar-refractivity contribution in [1.82, 2.24) is 0 Å². The van der Waals surface area contributed by atoms with Crippen LogP contribution >= 0.6 is 8.03 Å². The number of carbonyl (C=O) groups is 1. The van der Waals surface area contributed by atoms with E-state index in [0.29, 0.717) is 0 Å². The van der Waals surface area contributed by atoms with E-state index in [0.717, 1.165) is 20.5 Å². The topological polar surface area (TPSA) is 96.0 Å². The van der Waals surface area contributed by atoms with Crippen LogP contribution in [-0.4, -0.2) is 40.7 Å². The maximum Gasteiger partial charge on any atom is 0.554 e. The lowest BCUT2D eigenvalue weighted by molar-refractivity contribution is -0.145. The zero-order chi connectivity index (χ0) is 11.4. The highest BCUT2D eigenvalue weighted by molar-refractivity contribution is 7.86. The van der Waals surface area contributed by atoms with Crippen molar-refractivity contribution in [2.24, 2.45) is 0 Å². The van der Waals surface area contributed by atoms with E-state index >= 15 is 0 Å². The van der Waals surface area contributed by atoms with Crippen LogP contribution in [0.15, 0.2) is 0 Å². The zero-order valence-corrected chi connectivity index (χ0v) is 9.50. The molecule has 0 rings (SSSR count). The molecule has 0 bridgehead atoms. The minimum Gasteiger partial charge on any atom is -0.464 e. The summed E-state index contributed by atoms with van der Waals surface area (Å²) in [6, 6.07) is 0. The number of hydrogen-bond donors (Lipinski definition) is 0. The second-order valence-electron chi connectivity index (χ2n) is 2.14. The van der Waals surface area contributed by atoms with E-state index in [9.17, 15) is 17.8 Å². The smallest absolute Gasteiger partial charge is 0.464 e. The molecule has 0 saturated carbocycles. The molecule has 9 heteroatoms. The molecule has 14 heavy (non-hydrogen) atoms. The fourth-order valence-electron chi connectivity index (χ4n) is 0.523. The fourth-order valence-corrected chi connectivity index (χ4v) is 2.15. The van der Waals surface area contributed by atoms with Gasteiger partial charge in [0.05, 0.1) is 20.5 Å². The highest BCUT2D eigenvalue weighted by Crippen LogP contribution is 2.30. The molecule has 7 nitrogen and oxygen atoms in total.